The molecule has 4 aliphatic carbocycles. The van der Waals surface area contributed by atoms with Crippen LogP contribution in [0.25, 0.3) is 0 Å². The van der Waals surface area contributed by atoms with Crippen LogP contribution in [0.5, 0.6) is 5.75 Å². The lowest BCUT2D eigenvalue weighted by Crippen LogP contribution is -2.62. The Morgan fingerprint density at radius 2 is 1.18 bits per heavy atom. The lowest BCUT2D eigenvalue weighted by molar-refractivity contribution is -0.146. The number of benzene rings is 2. The van der Waals surface area contributed by atoms with Crippen LogP contribution in [0.3, 0.4) is 0 Å². The highest BCUT2D eigenvalue weighted by molar-refractivity contribution is 5.99. The van der Waals surface area contributed by atoms with Gasteiger partial charge in [-0.05, 0) is 148 Å². The summed E-state index contributed by atoms with van der Waals surface area (Å²) in [7, 11) is 0. The number of fused-ring (bicyclic) bond motifs is 1. The second kappa shape index (κ2) is 31.8. The van der Waals surface area contributed by atoms with Crippen LogP contribution in [0.1, 0.15) is 141 Å². The van der Waals surface area contributed by atoms with Gasteiger partial charge in [0.15, 0.2) is 11.9 Å². The molecular formula is C63H94N16O11. The fourth-order valence-corrected chi connectivity index (χ4v) is 14.3. The number of nitrogens with one attached hydrogen (secondary N) is 6. The standard InChI is InChI=1S/C63H94N16O11/c1-5-43(59(88)78-23-11-16-48(78)56(85)75-45(15-10-22-71-62(68)69)54(83)74-44(53(65)82)14-9-21-70-61(66)67)73-55(84)46(29-50(64)80)76-58(87)52(35(3)4)77-57(86)49-28-40-12-7-8-13-41(40)34-79(49)60(89)47(27-36-17-19-42(20-18-36)90-6-2)72-51(81)33-63-30-37-24-38(31-63)26-39(25-37)32-63/h7-8,12-13,17-20,35,37-39,43-49,52H,5-6,9-11,14-16,21-34H2,1-4H3,(H2,64,80)(H2,65,82)(H,72,81)(H,73,84)(H,74,83)(H,75,85)(H,76,87)(H,77,86)(H4,66,67,70)(H4,68,69,71)/t37?,38?,39?,43-,44-,45-,46-,47+,48-,49+,52-,63?/m0/s1. The Hall–Kier alpha value is -8.52. The van der Waals surface area contributed by atoms with Gasteiger partial charge in [0, 0.05) is 45.4 Å². The van der Waals surface area contributed by atoms with E-state index in [1.807, 2.05) is 55.5 Å². The number of primary amides is 2. The minimum atomic E-state index is -1.65. The number of guanidine groups is 2. The first kappa shape index (κ1) is 69.0. The molecule has 10 amide bonds. The van der Waals surface area contributed by atoms with Crippen molar-refractivity contribution in [3.8, 4) is 5.75 Å². The van der Waals surface area contributed by atoms with Gasteiger partial charge in [-0.25, -0.2) is 0 Å². The van der Waals surface area contributed by atoms with E-state index in [0.29, 0.717) is 43.0 Å². The Kier molecular flexibility index (Phi) is 24.4. The molecule has 1 saturated heterocycles. The zero-order valence-electron chi connectivity index (χ0n) is 52.3. The number of hydrogen-bond acceptors (Lipinski definition) is 13. The first-order valence-corrected chi connectivity index (χ1v) is 31.7. The predicted octanol–water partition coefficient (Wildman–Crippen LogP) is -0.379. The van der Waals surface area contributed by atoms with E-state index in [4.69, 9.17) is 39.1 Å². The molecule has 27 heteroatoms. The quantitative estimate of drug-likeness (QED) is 0.0252. The summed E-state index contributed by atoms with van der Waals surface area (Å²) in [4.78, 5) is 151. The van der Waals surface area contributed by atoms with Crippen LogP contribution in [0.4, 0.5) is 0 Å². The van der Waals surface area contributed by atoms with Gasteiger partial charge >= 0.3 is 0 Å². The largest absolute Gasteiger partial charge is 0.494 e. The van der Waals surface area contributed by atoms with Crippen LogP contribution in [0.2, 0.25) is 0 Å². The molecule has 0 aromatic heterocycles. The van der Waals surface area contributed by atoms with E-state index in [9.17, 15) is 43.2 Å². The summed E-state index contributed by atoms with van der Waals surface area (Å²) in [5, 5.41) is 16.5. The average molecular weight is 1250 g/mol. The van der Waals surface area contributed by atoms with E-state index < -0.39 is 114 Å². The van der Waals surface area contributed by atoms with E-state index in [2.05, 4.69) is 41.9 Å². The van der Waals surface area contributed by atoms with E-state index >= 15 is 4.79 Å². The Labute approximate surface area is 525 Å². The summed E-state index contributed by atoms with van der Waals surface area (Å²) < 4.78 is 5.69. The number of amides is 10. The molecule has 2 aromatic carbocycles. The second-order valence-electron chi connectivity index (χ2n) is 25.5. The van der Waals surface area contributed by atoms with E-state index in [-0.39, 0.29) is 101 Å². The number of likely N-dealkylation sites (tertiary alicyclic amines) is 1. The van der Waals surface area contributed by atoms with Gasteiger partial charge in [0.2, 0.25) is 59.1 Å². The number of nitrogens with zero attached hydrogens (tertiary/aromatic N) is 4. The molecule has 4 bridgehead atoms. The third kappa shape index (κ3) is 18.8. The number of aliphatic imine (C=N–C) groups is 2. The van der Waals surface area contributed by atoms with Gasteiger partial charge in [-0.2, -0.15) is 0 Å². The fourth-order valence-electron chi connectivity index (χ4n) is 14.3. The van der Waals surface area contributed by atoms with Crippen molar-refractivity contribution in [3.63, 3.8) is 0 Å². The Morgan fingerprint density at radius 1 is 0.622 bits per heavy atom. The Morgan fingerprint density at radius 3 is 1.74 bits per heavy atom. The number of hydrogen-bond donors (Lipinski definition) is 12. The monoisotopic (exact) mass is 1250 g/mol. The van der Waals surface area contributed by atoms with Crippen LogP contribution in [0.15, 0.2) is 58.5 Å². The highest BCUT2D eigenvalue weighted by Gasteiger charge is 2.52. The van der Waals surface area contributed by atoms with E-state index in [1.54, 1.807) is 20.8 Å². The molecule has 6 aliphatic rings. The molecule has 4 saturated carbocycles. The summed E-state index contributed by atoms with van der Waals surface area (Å²) >= 11 is 0. The lowest BCUT2D eigenvalue weighted by atomic mass is 9.49. The van der Waals surface area contributed by atoms with E-state index in [0.717, 1.165) is 36.0 Å². The van der Waals surface area contributed by atoms with Crippen LogP contribution >= 0.6 is 0 Å². The average Bonchev–Trinajstić information content (AvgIpc) is 0.894. The molecule has 90 heavy (non-hydrogen) atoms. The third-order valence-electron chi connectivity index (χ3n) is 18.2. The number of carbonyl (C=O) groups is 10. The molecule has 0 radical (unpaired) electrons. The molecule has 5 fully saturated rings. The molecule has 27 nitrogen and oxygen atoms in total. The molecular weight excluding hydrogens is 1160 g/mol. The highest BCUT2D eigenvalue weighted by atomic mass is 16.5. The first-order valence-electron chi connectivity index (χ1n) is 31.7. The number of ether oxygens (including phenoxy) is 1. The zero-order valence-corrected chi connectivity index (χ0v) is 52.3. The van der Waals surface area contributed by atoms with E-state index in [1.165, 1.54) is 29.1 Å². The molecule has 0 unspecified atom stereocenters. The van der Waals surface area contributed by atoms with Crippen LogP contribution in [0, 0.1) is 29.1 Å². The third-order valence-corrected chi connectivity index (χ3v) is 18.2. The molecule has 492 valence electrons. The number of carbonyl (C=O) groups excluding carboxylic acids is 10. The van der Waals surface area contributed by atoms with Gasteiger partial charge in [-0.1, -0.05) is 57.2 Å². The Bertz CT molecular complexity index is 2950. The van der Waals surface area contributed by atoms with Crippen molar-refractivity contribution in [1.29, 1.82) is 0 Å². The molecule has 18 N–H and O–H groups in total. The van der Waals surface area contributed by atoms with Crippen molar-refractivity contribution < 1.29 is 52.7 Å². The van der Waals surface area contributed by atoms with Crippen LogP contribution < -0.4 is 71.0 Å². The second-order valence-corrected chi connectivity index (χ2v) is 25.5. The number of nitrogens with two attached hydrogens (primary N) is 6. The summed E-state index contributed by atoms with van der Waals surface area (Å²) in [5.74, 6) is -5.56. The minimum Gasteiger partial charge on any atom is -0.494 e. The maximum Gasteiger partial charge on any atom is 0.246 e. The maximum atomic E-state index is 15.3. The van der Waals surface area contributed by atoms with Gasteiger partial charge in [0.1, 0.15) is 54.1 Å². The molecule has 8 rings (SSSR count). The zero-order chi connectivity index (χ0) is 65.4. The summed E-state index contributed by atoms with van der Waals surface area (Å²) in [5.41, 5.74) is 35.4. The van der Waals surface area contributed by atoms with Crippen molar-refractivity contribution >= 4 is 71.0 Å². The summed E-state index contributed by atoms with van der Waals surface area (Å²) in [6, 6.07) is 4.79. The van der Waals surface area contributed by atoms with Crippen LogP contribution in [-0.4, -0.2) is 155 Å². The molecule has 2 aliphatic heterocycles. The van der Waals surface area contributed by atoms with Crippen molar-refractivity contribution in [2.24, 2.45) is 73.5 Å². The van der Waals surface area contributed by atoms with Gasteiger partial charge in [0.25, 0.3) is 0 Å². The minimum absolute atomic E-state index is 0.00263. The van der Waals surface area contributed by atoms with Crippen LogP contribution in [-0.2, 0) is 67.3 Å². The number of rotatable bonds is 32. The van der Waals surface area contributed by atoms with Crippen molar-refractivity contribution in [2.45, 2.75) is 192 Å². The highest BCUT2D eigenvalue weighted by Crippen LogP contribution is 2.61. The lowest BCUT2D eigenvalue weighted by Gasteiger charge is -2.56. The topological polar surface area (TPSA) is 439 Å². The van der Waals surface area contributed by atoms with Gasteiger partial charge in [-0.3, -0.25) is 57.9 Å². The van der Waals surface area contributed by atoms with Crippen molar-refractivity contribution in [2.75, 3.05) is 26.2 Å². The van der Waals surface area contributed by atoms with Gasteiger partial charge in [0.05, 0.1) is 13.0 Å². The van der Waals surface area contributed by atoms with Crippen molar-refractivity contribution in [3.05, 3.63) is 65.2 Å². The predicted molar refractivity (Wildman–Crippen MR) is 335 cm³/mol. The first-order chi connectivity index (χ1) is 42.9. The summed E-state index contributed by atoms with van der Waals surface area (Å²) in [6.45, 7) is 7.69. The fraction of sp³-hybridized carbons (Fsp3) is 0.619. The van der Waals surface area contributed by atoms with Gasteiger partial charge in [-0.15, -0.1) is 0 Å². The van der Waals surface area contributed by atoms with Gasteiger partial charge < -0.3 is 80.8 Å². The molecule has 8 atom stereocenters. The normalized spacial score (nSPS) is 22.4. The maximum absolute atomic E-state index is 15.3. The molecule has 2 aromatic rings. The Balaban J connectivity index is 1.04. The van der Waals surface area contributed by atoms with Crippen molar-refractivity contribution in [1.82, 2.24) is 41.7 Å². The SMILES string of the molecule is CCOc1ccc(C[C@@H](NC(=O)CC23CC4CC(CC(C4)C2)C3)C(=O)N2Cc3ccccc3C[C@@H]2C(=O)N[C@H](C(=O)N[C@@H](CC(N)=O)C(=O)N[C@@H](CC)C(=O)N2CCC[C@H]2C(=O)N[C@@H](CCCN=C(N)N)C(=O)N[C@@H](CCCN=C(N)N)C(N)=O)C(C)C)cc1. The smallest absolute Gasteiger partial charge is 0.246 e. The molecule has 2 heterocycles. The molecule has 0 spiro atoms. The summed E-state index contributed by atoms with van der Waals surface area (Å²) in [6.07, 6.45) is 7.61.